The third-order valence-corrected chi connectivity index (χ3v) is 2.78. The third-order valence-electron chi connectivity index (χ3n) is 2.78. The Labute approximate surface area is 105 Å². The lowest BCUT2D eigenvalue weighted by molar-refractivity contribution is -0.165. The molecule has 98 valence electrons. The van der Waals surface area contributed by atoms with Crippen molar-refractivity contribution in [3.05, 3.63) is 29.8 Å². The van der Waals surface area contributed by atoms with E-state index in [9.17, 15) is 4.79 Å². The molecule has 2 rings (SSSR count). The van der Waals surface area contributed by atoms with E-state index < -0.39 is 24.0 Å². The minimum absolute atomic E-state index is 0.608. The first kappa shape index (κ1) is 12.9. The predicted octanol–water partition coefficient (Wildman–Crippen LogP) is 1.97. The van der Waals surface area contributed by atoms with Crippen molar-refractivity contribution in [2.24, 2.45) is 0 Å². The zero-order valence-electron chi connectivity index (χ0n) is 10.5. The largest absolute Gasteiger partial charge is 0.497 e. The van der Waals surface area contributed by atoms with Crippen LogP contribution in [0.2, 0.25) is 0 Å². The molecule has 5 nitrogen and oxygen atoms in total. The van der Waals surface area contributed by atoms with Crippen molar-refractivity contribution in [2.45, 2.75) is 31.8 Å². The van der Waals surface area contributed by atoms with E-state index in [0.29, 0.717) is 5.75 Å². The van der Waals surface area contributed by atoms with Gasteiger partial charge in [0, 0.05) is 0 Å². The van der Waals surface area contributed by atoms with Gasteiger partial charge in [-0.3, -0.25) is 0 Å². The van der Waals surface area contributed by atoms with E-state index in [1.807, 2.05) is 0 Å². The molecule has 0 saturated carbocycles. The van der Waals surface area contributed by atoms with Gasteiger partial charge in [0.1, 0.15) is 11.9 Å². The van der Waals surface area contributed by atoms with Gasteiger partial charge in [-0.15, -0.1) is 0 Å². The molecule has 5 heteroatoms. The summed E-state index contributed by atoms with van der Waals surface area (Å²) in [5.41, 5.74) is 0.758. The van der Waals surface area contributed by atoms with Crippen molar-refractivity contribution in [2.75, 3.05) is 7.11 Å². The van der Waals surface area contributed by atoms with Gasteiger partial charge in [0.05, 0.1) is 7.11 Å². The Balaban J connectivity index is 2.27. The summed E-state index contributed by atoms with van der Waals surface area (Å²) in [6.07, 6.45) is -1.60. The number of hydrogen-bond donors (Lipinski definition) is 1. The van der Waals surface area contributed by atoms with Crippen LogP contribution in [-0.4, -0.2) is 30.1 Å². The van der Waals surface area contributed by atoms with Gasteiger partial charge in [0.25, 0.3) is 0 Å². The van der Waals surface area contributed by atoms with Crippen molar-refractivity contribution in [3.63, 3.8) is 0 Å². The van der Waals surface area contributed by atoms with Gasteiger partial charge in [-0.25, -0.2) is 4.79 Å². The van der Waals surface area contributed by atoms with Crippen molar-refractivity contribution in [1.29, 1.82) is 0 Å². The Morgan fingerprint density at radius 2 is 1.89 bits per heavy atom. The van der Waals surface area contributed by atoms with Gasteiger partial charge in [0.2, 0.25) is 0 Å². The summed E-state index contributed by atoms with van der Waals surface area (Å²) >= 11 is 0. The third kappa shape index (κ3) is 2.47. The molecule has 0 radical (unpaired) electrons. The average Bonchev–Trinajstić information content (AvgIpc) is 2.66. The molecule has 0 aromatic heterocycles. The molecule has 1 aliphatic rings. The maximum Gasteiger partial charge on any atom is 0.336 e. The number of benzene rings is 1. The number of rotatable bonds is 3. The van der Waals surface area contributed by atoms with E-state index in [2.05, 4.69) is 0 Å². The fourth-order valence-electron chi connectivity index (χ4n) is 1.98. The van der Waals surface area contributed by atoms with Crippen LogP contribution in [0.25, 0.3) is 0 Å². The highest BCUT2D eigenvalue weighted by Crippen LogP contribution is 2.38. The number of carbonyl (C=O) groups is 1. The maximum absolute atomic E-state index is 11.2. The number of carboxylic acid groups (broad SMARTS) is 1. The molecule has 2 atom stereocenters. The number of hydrogen-bond acceptors (Lipinski definition) is 4. The molecule has 0 spiro atoms. The second kappa shape index (κ2) is 4.59. The van der Waals surface area contributed by atoms with Gasteiger partial charge in [-0.2, -0.15) is 0 Å². The van der Waals surface area contributed by atoms with Crippen LogP contribution in [0, 0.1) is 0 Å². The van der Waals surface area contributed by atoms with Crippen LogP contribution in [0.4, 0.5) is 0 Å². The molecule has 1 aromatic carbocycles. The van der Waals surface area contributed by atoms with Crippen LogP contribution in [0.1, 0.15) is 25.5 Å². The normalized spacial score (nSPS) is 25.9. The maximum atomic E-state index is 11.2. The van der Waals surface area contributed by atoms with E-state index in [0.717, 1.165) is 5.56 Å². The molecular weight excluding hydrogens is 236 g/mol. The lowest BCUT2D eigenvalue weighted by Crippen LogP contribution is -2.27. The molecule has 1 aromatic rings. The van der Waals surface area contributed by atoms with Crippen molar-refractivity contribution in [1.82, 2.24) is 0 Å². The first-order valence-electron chi connectivity index (χ1n) is 5.65. The lowest BCUT2D eigenvalue weighted by atomic mass is 10.0. The Morgan fingerprint density at radius 1 is 1.28 bits per heavy atom. The first-order valence-corrected chi connectivity index (χ1v) is 5.65. The smallest absolute Gasteiger partial charge is 0.336 e. The van der Waals surface area contributed by atoms with Crippen LogP contribution < -0.4 is 4.74 Å². The number of methoxy groups -OCH3 is 1. The molecule has 0 bridgehead atoms. The van der Waals surface area contributed by atoms with E-state index in [1.54, 1.807) is 45.2 Å². The highest BCUT2D eigenvalue weighted by atomic mass is 16.8. The summed E-state index contributed by atoms with van der Waals surface area (Å²) in [5.74, 6) is -1.21. The Hall–Kier alpha value is -1.59. The highest BCUT2D eigenvalue weighted by Gasteiger charge is 2.46. The summed E-state index contributed by atoms with van der Waals surface area (Å²) < 4.78 is 16.1. The number of aliphatic carboxylic acids is 1. The SMILES string of the molecule is COc1ccc(C2OC(C)(C)OC2C(=O)O)cc1. The minimum Gasteiger partial charge on any atom is -0.497 e. The van der Waals surface area contributed by atoms with Crippen molar-refractivity contribution < 1.29 is 24.1 Å². The average molecular weight is 252 g/mol. The molecule has 1 heterocycles. The van der Waals surface area contributed by atoms with Crippen LogP contribution in [0.3, 0.4) is 0 Å². The topological polar surface area (TPSA) is 65.0 Å². The standard InChI is InChI=1S/C13H16O5/c1-13(2)17-10(11(18-13)12(14)15)8-4-6-9(16-3)7-5-8/h4-7,10-11H,1-3H3,(H,14,15). The summed E-state index contributed by atoms with van der Waals surface area (Å²) in [6.45, 7) is 3.40. The van der Waals surface area contributed by atoms with E-state index in [-0.39, 0.29) is 0 Å². The van der Waals surface area contributed by atoms with E-state index in [4.69, 9.17) is 19.3 Å². The fraction of sp³-hybridized carbons (Fsp3) is 0.462. The molecule has 0 amide bonds. The van der Waals surface area contributed by atoms with Crippen LogP contribution >= 0.6 is 0 Å². The highest BCUT2D eigenvalue weighted by molar-refractivity contribution is 5.74. The van der Waals surface area contributed by atoms with Gasteiger partial charge in [-0.1, -0.05) is 12.1 Å². The molecular formula is C13H16O5. The summed E-state index contributed by atoms with van der Waals surface area (Å²) in [5, 5.41) is 9.15. The fourth-order valence-corrected chi connectivity index (χ4v) is 1.98. The van der Waals surface area contributed by atoms with Gasteiger partial charge < -0.3 is 19.3 Å². The molecule has 2 unspecified atom stereocenters. The lowest BCUT2D eigenvalue weighted by Gasteiger charge is -2.16. The zero-order valence-corrected chi connectivity index (χ0v) is 10.5. The molecule has 0 aliphatic carbocycles. The predicted molar refractivity (Wildman–Crippen MR) is 63.4 cm³/mol. The molecule has 18 heavy (non-hydrogen) atoms. The second-order valence-corrected chi connectivity index (χ2v) is 4.59. The van der Waals surface area contributed by atoms with Gasteiger partial charge in [0.15, 0.2) is 11.9 Å². The van der Waals surface area contributed by atoms with Crippen LogP contribution in [0.5, 0.6) is 5.75 Å². The minimum atomic E-state index is -1.03. The first-order chi connectivity index (χ1) is 8.43. The molecule has 1 saturated heterocycles. The molecule has 1 fully saturated rings. The van der Waals surface area contributed by atoms with Crippen molar-refractivity contribution >= 4 is 5.97 Å². The second-order valence-electron chi connectivity index (χ2n) is 4.59. The van der Waals surface area contributed by atoms with E-state index >= 15 is 0 Å². The van der Waals surface area contributed by atoms with E-state index in [1.165, 1.54) is 0 Å². The Morgan fingerprint density at radius 3 is 2.39 bits per heavy atom. The summed E-state index contributed by atoms with van der Waals surface area (Å²) in [4.78, 5) is 11.2. The Kier molecular flexibility index (Phi) is 3.28. The van der Waals surface area contributed by atoms with Crippen molar-refractivity contribution in [3.8, 4) is 5.75 Å². The summed E-state index contributed by atoms with van der Waals surface area (Å²) in [7, 11) is 1.58. The zero-order chi connectivity index (χ0) is 13.3. The van der Waals surface area contributed by atoms with Gasteiger partial charge >= 0.3 is 5.97 Å². The number of carboxylic acids is 1. The molecule has 1 aliphatic heterocycles. The van der Waals surface area contributed by atoms with Crippen LogP contribution in [0.15, 0.2) is 24.3 Å². The monoisotopic (exact) mass is 252 g/mol. The quantitative estimate of drug-likeness (QED) is 0.891. The molecule has 1 N–H and O–H groups in total. The Bertz CT molecular complexity index is 437. The van der Waals surface area contributed by atoms with Crippen LogP contribution in [-0.2, 0) is 14.3 Å². The van der Waals surface area contributed by atoms with Gasteiger partial charge in [-0.05, 0) is 31.5 Å². The summed E-state index contributed by atoms with van der Waals surface area (Å²) in [6, 6.07) is 7.10. The number of ether oxygens (including phenoxy) is 3.